The topological polar surface area (TPSA) is 20.2 Å². The van der Waals surface area contributed by atoms with Crippen LogP contribution >= 0.6 is 25.3 Å². The molecule has 0 spiro atoms. The molecule has 1 fully saturated rings. The van der Waals surface area contributed by atoms with E-state index >= 15 is 0 Å². The number of rotatable bonds is 0. The highest BCUT2D eigenvalue weighted by Gasteiger charge is 2.43. The SMILES string of the molecule is Oc1ccc2c(c1)CCC1C2CCCC1(S)S. The molecule has 1 nitrogen and oxygen atoms in total. The molecule has 2 aliphatic rings. The number of benzene rings is 1. The molecule has 3 heteroatoms. The Morgan fingerprint density at radius 3 is 2.88 bits per heavy atom. The lowest BCUT2D eigenvalue weighted by molar-refractivity contribution is 0.269. The van der Waals surface area contributed by atoms with Crippen molar-refractivity contribution in [2.24, 2.45) is 5.92 Å². The highest BCUT2D eigenvalue weighted by molar-refractivity contribution is 8.00. The average Bonchev–Trinajstić information content (AvgIpc) is 2.27. The van der Waals surface area contributed by atoms with Gasteiger partial charge in [-0.2, -0.15) is 25.3 Å². The second-order valence-corrected chi connectivity index (χ2v) is 7.35. The molecule has 0 saturated heterocycles. The molecule has 1 saturated carbocycles. The van der Waals surface area contributed by atoms with Crippen molar-refractivity contribution in [1.82, 2.24) is 0 Å². The monoisotopic (exact) mass is 266 g/mol. The first-order valence-corrected chi connectivity index (χ1v) is 7.24. The van der Waals surface area contributed by atoms with Gasteiger partial charge in [0, 0.05) is 0 Å². The molecule has 1 N–H and O–H groups in total. The summed E-state index contributed by atoms with van der Waals surface area (Å²) in [6, 6.07) is 5.85. The quantitative estimate of drug-likeness (QED) is 0.482. The van der Waals surface area contributed by atoms with E-state index in [9.17, 15) is 5.11 Å². The molecule has 0 radical (unpaired) electrons. The van der Waals surface area contributed by atoms with Crippen molar-refractivity contribution in [3.05, 3.63) is 29.3 Å². The summed E-state index contributed by atoms with van der Waals surface area (Å²) < 4.78 is -0.113. The van der Waals surface area contributed by atoms with Crippen LogP contribution in [0.5, 0.6) is 5.75 Å². The van der Waals surface area contributed by atoms with Gasteiger partial charge >= 0.3 is 0 Å². The van der Waals surface area contributed by atoms with Crippen LogP contribution in [0.15, 0.2) is 18.2 Å². The fourth-order valence-corrected chi connectivity index (χ4v) is 4.51. The van der Waals surface area contributed by atoms with Crippen molar-refractivity contribution in [2.45, 2.75) is 42.1 Å². The van der Waals surface area contributed by atoms with Gasteiger partial charge in [0.2, 0.25) is 0 Å². The summed E-state index contributed by atoms with van der Waals surface area (Å²) in [5, 5.41) is 9.56. The van der Waals surface area contributed by atoms with E-state index in [1.54, 1.807) is 0 Å². The summed E-state index contributed by atoms with van der Waals surface area (Å²) in [6.45, 7) is 0. The summed E-state index contributed by atoms with van der Waals surface area (Å²) in [7, 11) is 0. The Labute approximate surface area is 113 Å². The van der Waals surface area contributed by atoms with Gasteiger partial charge in [-0.1, -0.05) is 12.5 Å². The van der Waals surface area contributed by atoms with E-state index in [4.69, 9.17) is 25.3 Å². The average molecular weight is 266 g/mol. The van der Waals surface area contributed by atoms with Crippen LogP contribution in [0.2, 0.25) is 0 Å². The van der Waals surface area contributed by atoms with Crippen LogP contribution in [-0.2, 0) is 6.42 Å². The number of phenols is 1. The van der Waals surface area contributed by atoms with E-state index in [0.29, 0.717) is 17.6 Å². The number of hydrogen-bond donors (Lipinski definition) is 3. The van der Waals surface area contributed by atoms with Crippen LogP contribution < -0.4 is 0 Å². The lowest BCUT2D eigenvalue weighted by Gasteiger charge is -2.46. The van der Waals surface area contributed by atoms with Crippen molar-refractivity contribution in [2.75, 3.05) is 0 Å². The molecule has 0 heterocycles. The number of phenolic OH excluding ortho intramolecular Hbond substituents is 1. The van der Waals surface area contributed by atoms with Gasteiger partial charge in [0.15, 0.2) is 0 Å². The Bertz CT molecular complexity index is 442. The zero-order valence-corrected chi connectivity index (χ0v) is 11.6. The van der Waals surface area contributed by atoms with Gasteiger partial charge in [-0.05, 0) is 60.8 Å². The highest BCUT2D eigenvalue weighted by Crippen LogP contribution is 2.53. The van der Waals surface area contributed by atoms with Gasteiger partial charge in [-0.25, -0.2) is 0 Å². The third kappa shape index (κ3) is 1.97. The maximum absolute atomic E-state index is 9.56. The van der Waals surface area contributed by atoms with Gasteiger partial charge < -0.3 is 5.11 Å². The van der Waals surface area contributed by atoms with Crippen molar-refractivity contribution >= 4 is 25.3 Å². The molecule has 0 aromatic heterocycles. The van der Waals surface area contributed by atoms with Gasteiger partial charge in [0.25, 0.3) is 0 Å². The Morgan fingerprint density at radius 1 is 1.24 bits per heavy atom. The van der Waals surface area contributed by atoms with E-state index in [2.05, 4.69) is 6.07 Å². The molecule has 2 atom stereocenters. The largest absolute Gasteiger partial charge is 0.508 e. The highest BCUT2D eigenvalue weighted by atomic mass is 32.2. The maximum atomic E-state index is 9.56. The molecule has 1 aromatic carbocycles. The van der Waals surface area contributed by atoms with Crippen molar-refractivity contribution in [3.63, 3.8) is 0 Å². The third-order valence-electron chi connectivity index (χ3n) is 4.39. The van der Waals surface area contributed by atoms with E-state index in [1.165, 1.54) is 24.0 Å². The third-order valence-corrected chi connectivity index (χ3v) is 5.50. The molecule has 17 heavy (non-hydrogen) atoms. The van der Waals surface area contributed by atoms with Gasteiger partial charge in [-0.15, -0.1) is 0 Å². The van der Waals surface area contributed by atoms with E-state index < -0.39 is 0 Å². The van der Waals surface area contributed by atoms with Crippen LogP contribution in [0.3, 0.4) is 0 Å². The molecule has 1 aromatic rings. The first-order chi connectivity index (χ1) is 8.08. The summed E-state index contributed by atoms with van der Waals surface area (Å²) in [5.74, 6) is 1.55. The fourth-order valence-electron chi connectivity index (χ4n) is 3.58. The standard InChI is InChI=1S/C14H18OS2/c15-10-4-5-11-9(8-10)3-6-13-12(11)2-1-7-14(13,16)17/h4-5,8,12-13,15-17H,1-3,6-7H2. The number of fused-ring (bicyclic) bond motifs is 3. The van der Waals surface area contributed by atoms with Gasteiger partial charge in [0.05, 0.1) is 4.08 Å². The number of thiol groups is 2. The number of aryl methyl sites for hydroxylation is 1. The molecular formula is C14H18OS2. The number of hydrogen-bond acceptors (Lipinski definition) is 3. The van der Waals surface area contributed by atoms with E-state index in [-0.39, 0.29) is 4.08 Å². The second-order valence-electron chi connectivity index (χ2n) is 5.41. The Hall–Kier alpha value is -0.280. The lowest BCUT2D eigenvalue weighted by Crippen LogP contribution is -2.38. The molecule has 2 aliphatic carbocycles. The molecule has 0 aliphatic heterocycles. The molecule has 0 amide bonds. The van der Waals surface area contributed by atoms with Crippen LogP contribution in [0.1, 0.15) is 42.7 Å². The minimum absolute atomic E-state index is 0.113. The zero-order valence-electron chi connectivity index (χ0n) is 9.76. The zero-order chi connectivity index (χ0) is 12.0. The molecule has 3 rings (SSSR count). The molecule has 2 unspecified atom stereocenters. The van der Waals surface area contributed by atoms with E-state index in [1.807, 2.05) is 12.1 Å². The van der Waals surface area contributed by atoms with Crippen molar-refractivity contribution < 1.29 is 5.11 Å². The van der Waals surface area contributed by atoms with Crippen LogP contribution in [0, 0.1) is 5.92 Å². The predicted octanol–water partition coefficient (Wildman–Crippen LogP) is 3.78. The summed E-state index contributed by atoms with van der Waals surface area (Å²) in [4.78, 5) is 0. The minimum Gasteiger partial charge on any atom is -0.508 e. The fraction of sp³-hybridized carbons (Fsp3) is 0.571. The first kappa shape index (κ1) is 11.8. The summed E-state index contributed by atoms with van der Waals surface area (Å²) in [6.07, 6.45) is 5.75. The van der Waals surface area contributed by atoms with Crippen LogP contribution in [0.4, 0.5) is 0 Å². The molecule has 92 valence electrons. The Kier molecular flexibility index (Phi) is 2.86. The smallest absolute Gasteiger partial charge is 0.115 e. The Morgan fingerprint density at radius 2 is 2.06 bits per heavy atom. The Balaban J connectivity index is 2.01. The normalized spacial score (nSPS) is 30.5. The summed E-state index contributed by atoms with van der Waals surface area (Å²) >= 11 is 9.53. The maximum Gasteiger partial charge on any atom is 0.115 e. The van der Waals surface area contributed by atoms with Crippen LogP contribution in [0.25, 0.3) is 0 Å². The molecular weight excluding hydrogens is 248 g/mol. The molecule has 0 bridgehead atoms. The number of aromatic hydroxyl groups is 1. The first-order valence-electron chi connectivity index (χ1n) is 6.34. The minimum atomic E-state index is -0.113. The lowest BCUT2D eigenvalue weighted by atomic mass is 9.67. The van der Waals surface area contributed by atoms with Crippen LogP contribution in [-0.4, -0.2) is 9.19 Å². The van der Waals surface area contributed by atoms with Crippen molar-refractivity contribution in [3.8, 4) is 5.75 Å². The van der Waals surface area contributed by atoms with Gasteiger partial charge in [0.1, 0.15) is 5.75 Å². The predicted molar refractivity (Wildman–Crippen MR) is 77.2 cm³/mol. The van der Waals surface area contributed by atoms with Gasteiger partial charge in [-0.3, -0.25) is 0 Å². The van der Waals surface area contributed by atoms with E-state index in [0.717, 1.165) is 19.3 Å². The second kappa shape index (κ2) is 4.13. The summed E-state index contributed by atoms with van der Waals surface area (Å²) in [5.41, 5.74) is 2.75. The van der Waals surface area contributed by atoms with Crippen molar-refractivity contribution in [1.29, 1.82) is 0 Å².